The topological polar surface area (TPSA) is 36.9 Å². The van der Waals surface area contributed by atoms with E-state index in [0.29, 0.717) is 49.9 Å². The fraction of sp³-hybridized carbons (Fsp3) is 0.689. The van der Waals surface area contributed by atoms with Crippen molar-refractivity contribution in [2.24, 2.45) is 40.4 Å². The van der Waals surface area contributed by atoms with Crippen molar-refractivity contribution in [1.29, 1.82) is 0 Å². The minimum atomic E-state index is -2.96. The highest BCUT2D eigenvalue weighted by Gasteiger charge is 2.63. The van der Waals surface area contributed by atoms with Gasteiger partial charge in [-0.2, -0.15) is 0 Å². The summed E-state index contributed by atoms with van der Waals surface area (Å²) in [7, 11) is 0. The number of ether oxygens (including phenoxy) is 4. The Morgan fingerprint density at radius 2 is 1.52 bits per heavy atom. The summed E-state index contributed by atoms with van der Waals surface area (Å²) >= 11 is 4.25. The third-order valence-corrected chi connectivity index (χ3v) is 15.0. The summed E-state index contributed by atoms with van der Waals surface area (Å²) in [5.41, 5.74) is 2.31. The summed E-state index contributed by atoms with van der Waals surface area (Å²) in [6, 6.07) is 21.0. The molecule has 4 nitrogen and oxygen atoms in total. The van der Waals surface area contributed by atoms with Gasteiger partial charge in [0, 0.05) is 29.7 Å². The molecule has 0 spiro atoms. The van der Waals surface area contributed by atoms with Gasteiger partial charge in [0.15, 0.2) is 6.29 Å². The quantitative estimate of drug-likeness (QED) is 0.102. The second kappa shape index (κ2) is 16.2. The maximum Gasteiger partial charge on any atom is 0.276 e. The van der Waals surface area contributed by atoms with E-state index in [1.807, 2.05) is 13.0 Å². The van der Waals surface area contributed by atoms with Crippen molar-refractivity contribution in [2.75, 3.05) is 6.61 Å². The molecule has 2 aromatic rings. The normalized spacial score (nSPS) is 34.5. The molecule has 0 saturated heterocycles. The first-order valence-electron chi connectivity index (χ1n) is 20.0. The molecule has 3 fully saturated rings. The Morgan fingerprint density at radius 3 is 2.15 bits per heavy atom. The number of alkyl halides is 3. The molecule has 0 bridgehead atoms. The largest absolute Gasteiger partial charge is 0.373 e. The molecule has 0 aliphatic heterocycles. The summed E-state index contributed by atoms with van der Waals surface area (Å²) < 4.78 is 56.2. The van der Waals surface area contributed by atoms with Crippen LogP contribution in [0.15, 0.2) is 72.3 Å². The second-order valence-corrected chi connectivity index (χ2v) is 18.5. The number of allylic oxidation sites excluding steroid dienone is 1. The average molecular weight is 786 g/mol. The number of benzene rings is 2. The van der Waals surface area contributed by atoms with E-state index < -0.39 is 17.8 Å². The molecule has 0 N–H and O–H groups in total. The van der Waals surface area contributed by atoms with E-state index in [4.69, 9.17) is 18.9 Å². The number of hydrogen-bond acceptors (Lipinski definition) is 4. The fourth-order valence-corrected chi connectivity index (χ4v) is 12.2. The lowest BCUT2D eigenvalue weighted by Gasteiger charge is -2.61. The first-order chi connectivity index (χ1) is 24.7. The van der Waals surface area contributed by atoms with Crippen molar-refractivity contribution in [3.05, 3.63) is 83.4 Å². The van der Waals surface area contributed by atoms with Gasteiger partial charge in [-0.15, -0.1) is 0 Å². The molecular formula is C45H63BrF2O4. The highest BCUT2D eigenvalue weighted by atomic mass is 79.9. The van der Waals surface area contributed by atoms with Crippen LogP contribution in [0.1, 0.15) is 111 Å². The monoisotopic (exact) mass is 784 g/mol. The van der Waals surface area contributed by atoms with Crippen molar-refractivity contribution >= 4 is 15.9 Å². The van der Waals surface area contributed by atoms with Gasteiger partial charge in [0.2, 0.25) is 0 Å². The molecule has 3 saturated carbocycles. The Bertz CT molecular complexity index is 1480. The zero-order valence-corrected chi connectivity index (χ0v) is 34.2. The Morgan fingerprint density at radius 1 is 0.885 bits per heavy atom. The summed E-state index contributed by atoms with van der Waals surface area (Å²) in [6.07, 6.45) is 8.64. The Hall–Kier alpha value is -1.64. The summed E-state index contributed by atoms with van der Waals surface area (Å²) in [5.74, 6) is -0.840. The van der Waals surface area contributed by atoms with Gasteiger partial charge in [0.1, 0.15) is 5.60 Å². The Kier molecular flexibility index (Phi) is 12.5. The Labute approximate surface area is 320 Å². The molecule has 2 unspecified atom stereocenters. The lowest BCUT2D eigenvalue weighted by Crippen LogP contribution is -2.58. The molecule has 7 heteroatoms. The molecule has 0 radical (unpaired) electrons. The first kappa shape index (κ1) is 40.0. The number of rotatable bonds is 15. The van der Waals surface area contributed by atoms with Gasteiger partial charge in [-0.3, -0.25) is 0 Å². The van der Waals surface area contributed by atoms with Crippen LogP contribution in [0.4, 0.5) is 8.78 Å². The zero-order valence-electron chi connectivity index (χ0n) is 32.6. The third-order valence-electron chi connectivity index (χ3n) is 14.2. The van der Waals surface area contributed by atoms with Gasteiger partial charge >= 0.3 is 0 Å². The minimum Gasteiger partial charge on any atom is -0.373 e. The zero-order chi connectivity index (χ0) is 37.3. The van der Waals surface area contributed by atoms with Gasteiger partial charge in [-0.1, -0.05) is 109 Å². The SMILES string of the molecule is CCOC(C)OC(C)(C)C(F)(F)CC[C@@H](C)[C@H]1CC[C@H]2[C@@H]3C(Br)C=C4C[C@@H](OCc5ccccc5)C[C@H](OCc5ccccc5)[C@]4(C)[C@H]3CC[C@]12C. The van der Waals surface area contributed by atoms with Crippen molar-refractivity contribution in [3.63, 3.8) is 0 Å². The van der Waals surface area contributed by atoms with Crippen molar-refractivity contribution in [2.45, 2.75) is 148 Å². The molecule has 4 aliphatic carbocycles. The van der Waals surface area contributed by atoms with Gasteiger partial charge in [0.25, 0.3) is 5.92 Å². The molecule has 11 atom stereocenters. The molecule has 2 aromatic carbocycles. The van der Waals surface area contributed by atoms with Crippen LogP contribution in [-0.2, 0) is 32.2 Å². The van der Waals surface area contributed by atoms with E-state index in [1.165, 1.54) is 30.5 Å². The summed E-state index contributed by atoms with van der Waals surface area (Å²) in [4.78, 5) is 0.275. The molecule has 0 heterocycles. The molecule has 0 amide bonds. The van der Waals surface area contributed by atoms with Gasteiger partial charge < -0.3 is 18.9 Å². The van der Waals surface area contributed by atoms with Gasteiger partial charge in [-0.05, 0) is 112 Å². The van der Waals surface area contributed by atoms with E-state index in [0.717, 1.165) is 38.5 Å². The Balaban J connectivity index is 1.19. The van der Waals surface area contributed by atoms with Crippen molar-refractivity contribution < 1.29 is 27.7 Å². The van der Waals surface area contributed by atoms with Crippen LogP contribution in [0.2, 0.25) is 0 Å². The van der Waals surface area contributed by atoms with Crippen molar-refractivity contribution in [3.8, 4) is 0 Å². The van der Waals surface area contributed by atoms with Crippen LogP contribution in [0.25, 0.3) is 0 Å². The minimum absolute atomic E-state index is 0.0414. The highest BCUT2D eigenvalue weighted by Crippen LogP contribution is 2.68. The molecular weight excluding hydrogens is 722 g/mol. The van der Waals surface area contributed by atoms with E-state index in [-0.39, 0.29) is 40.2 Å². The molecule has 0 aromatic heterocycles. The van der Waals surface area contributed by atoms with Crippen molar-refractivity contribution in [1.82, 2.24) is 0 Å². The first-order valence-corrected chi connectivity index (χ1v) is 20.9. The molecule has 6 rings (SSSR count). The van der Waals surface area contributed by atoms with Crippen LogP contribution >= 0.6 is 15.9 Å². The summed E-state index contributed by atoms with van der Waals surface area (Å²) in [5, 5.41) is 0. The van der Waals surface area contributed by atoms with Crippen LogP contribution in [0, 0.1) is 40.4 Å². The maximum absolute atomic E-state index is 15.7. The van der Waals surface area contributed by atoms with E-state index in [1.54, 1.807) is 6.92 Å². The second-order valence-electron chi connectivity index (χ2n) is 17.5. The van der Waals surface area contributed by atoms with E-state index >= 15 is 8.78 Å². The number of fused-ring (bicyclic) bond motifs is 5. The van der Waals surface area contributed by atoms with Gasteiger partial charge in [-0.25, -0.2) is 8.78 Å². The van der Waals surface area contributed by atoms with Crippen LogP contribution in [-0.4, -0.2) is 41.5 Å². The standard InChI is InChI=1S/C45H63BrF2O4/c1-8-49-31(3)52-42(4,5)45(47,48)24-21-30(2)36-19-20-37-41-38(22-23-43(36,37)6)44(7)34(26-39(41)46)25-35(50-28-32-15-11-9-12-16-32)27-40(44)51-29-33-17-13-10-14-18-33/h9-18,26,30-31,35-41H,8,19-25,27-29H2,1-7H3/t30-,31?,35-,36-,37+,38+,39?,40+,41+,43-,44+/m1/s1. The fourth-order valence-electron chi connectivity index (χ4n) is 11.2. The maximum atomic E-state index is 15.7. The predicted molar refractivity (Wildman–Crippen MR) is 208 cm³/mol. The van der Waals surface area contributed by atoms with Crippen LogP contribution in [0.3, 0.4) is 0 Å². The van der Waals surface area contributed by atoms with Crippen LogP contribution < -0.4 is 0 Å². The lowest BCUT2D eigenvalue weighted by atomic mass is 9.46. The molecule has 4 aliphatic rings. The number of halogens is 3. The summed E-state index contributed by atoms with van der Waals surface area (Å²) in [6.45, 7) is 15.4. The number of hydrogen-bond donors (Lipinski definition) is 0. The van der Waals surface area contributed by atoms with Gasteiger partial charge in [0.05, 0.1) is 25.4 Å². The lowest BCUT2D eigenvalue weighted by molar-refractivity contribution is -0.264. The molecule has 288 valence electrons. The van der Waals surface area contributed by atoms with E-state index in [9.17, 15) is 0 Å². The molecule has 52 heavy (non-hydrogen) atoms. The van der Waals surface area contributed by atoms with Crippen LogP contribution in [0.5, 0.6) is 0 Å². The predicted octanol–water partition coefficient (Wildman–Crippen LogP) is 11.9. The average Bonchev–Trinajstić information content (AvgIpc) is 3.47. The smallest absolute Gasteiger partial charge is 0.276 e. The van der Waals surface area contributed by atoms with E-state index in [2.05, 4.69) is 97.4 Å². The highest BCUT2D eigenvalue weighted by molar-refractivity contribution is 9.09. The third kappa shape index (κ3) is 8.01.